The fraction of sp³-hybridized carbons (Fsp3) is 0.167. The van der Waals surface area contributed by atoms with Crippen molar-refractivity contribution < 1.29 is 19.2 Å². The molecule has 1 aromatic heterocycles. The van der Waals surface area contributed by atoms with E-state index in [4.69, 9.17) is 5.11 Å². The second kappa shape index (κ2) is 5.24. The van der Waals surface area contributed by atoms with Crippen LogP contribution in [-0.2, 0) is 0 Å². The Morgan fingerprint density at radius 3 is 2.52 bits per heavy atom. The van der Waals surface area contributed by atoms with Gasteiger partial charge in [0.25, 0.3) is 5.69 Å². The van der Waals surface area contributed by atoms with Crippen molar-refractivity contribution in [1.82, 2.24) is 9.78 Å². The van der Waals surface area contributed by atoms with Crippen molar-refractivity contribution >= 4 is 27.6 Å². The molecule has 0 aliphatic rings. The largest absolute Gasteiger partial charge is 0.478 e. The molecule has 0 unspecified atom stereocenters. The fourth-order valence-electron chi connectivity index (χ4n) is 1.89. The van der Waals surface area contributed by atoms with Gasteiger partial charge in [0.05, 0.1) is 32.4 Å². The Hall–Kier alpha value is -2.29. The number of carbonyl (C=O) groups is 1. The molecule has 0 aliphatic carbocycles. The predicted molar refractivity (Wildman–Crippen MR) is 74.3 cm³/mol. The van der Waals surface area contributed by atoms with Crippen molar-refractivity contribution in [1.29, 1.82) is 0 Å². The van der Waals surface area contributed by atoms with E-state index >= 15 is 0 Å². The van der Waals surface area contributed by atoms with Crippen LogP contribution >= 0.6 is 15.9 Å². The maximum Gasteiger partial charge on any atom is 0.338 e. The van der Waals surface area contributed by atoms with Crippen molar-refractivity contribution in [2.75, 3.05) is 0 Å². The van der Waals surface area contributed by atoms with Crippen LogP contribution in [0.15, 0.2) is 16.6 Å². The molecule has 0 saturated carbocycles. The van der Waals surface area contributed by atoms with E-state index in [1.807, 2.05) is 0 Å². The molecule has 0 aliphatic heterocycles. The third-order valence-electron chi connectivity index (χ3n) is 2.92. The van der Waals surface area contributed by atoms with Gasteiger partial charge in [-0.25, -0.2) is 13.9 Å². The van der Waals surface area contributed by atoms with Gasteiger partial charge in [-0.1, -0.05) is 0 Å². The predicted octanol–water partition coefficient (Wildman–Crippen LogP) is 3.00. The number of nitro benzene ring substituents is 1. The third kappa shape index (κ3) is 2.51. The van der Waals surface area contributed by atoms with Gasteiger partial charge in [-0.15, -0.1) is 0 Å². The van der Waals surface area contributed by atoms with E-state index in [0.29, 0.717) is 21.9 Å². The van der Waals surface area contributed by atoms with E-state index in [1.165, 1.54) is 4.68 Å². The number of nitrogens with zero attached hydrogens (tertiary/aromatic N) is 3. The zero-order valence-corrected chi connectivity index (χ0v) is 12.5. The van der Waals surface area contributed by atoms with Crippen molar-refractivity contribution in [3.8, 4) is 5.69 Å². The first-order valence-electron chi connectivity index (χ1n) is 5.67. The highest BCUT2D eigenvalue weighted by atomic mass is 79.9. The number of rotatable bonds is 3. The quantitative estimate of drug-likeness (QED) is 0.672. The number of carboxylic acids is 1. The lowest BCUT2D eigenvalue weighted by Gasteiger charge is -2.07. The number of aromatic nitrogens is 2. The minimum Gasteiger partial charge on any atom is -0.478 e. The second-order valence-electron chi connectivity index (χ2n) is 4.28. The normalized spacial score (nSPS) is 10.7. The number of halogens is 2. The van der Waals surface area contributed by atoms with Gasteiger partial charge in [0, 0.05) is 0 Å². The van der Waals surface area contributed by atoms with E-state index in [2.05, 4.69) is 21.0 Å². The zero-order chi connectivity index (χ0) is 15.9. The van der Waals surface area contributed by atoms with Crippen LogP contribution in [0.25, 0.3) is 5.69 Å². The Morgan fingerprint density at radius 2 is 2.10 bits per heavy atom. The number of hydrogen-bond donors (Lipinski definition) is 1. The highest BCUT2D eigenvalue weighted by Gasteiger charge is 2.25. The number of benzene rings is 1. The summed E-state index contributed by atoms with van der Waals surface area (Å²) in [5.74, 6) is -2.68. The van der Waals surface area contributed by atoms with Crippen LogP contribution in [0.4, 0.5) is 10.1 Å². The molecule has 0 fully saturated rings. The maximum absolute atomic E-state index is 13.6. The summed E-state index contributed by atoms with van der Waals surface area (Å²) < 4.78 is 15.5. The van der Waals surface area contributed by atoms with Crippen molar-refractivity contribution in [3.63, 3.8) is 0 Å². The maximum atomic E-state index is 13.6. The number of carboxylic acid groups (broad SMARTS) is 1. The summed E-state index contributed by atoms with van der Waals surface area (Å²) in [6.07, 6.45) is 0. The lowest BCUT2D eigenvalue weighted by Crippen LogP contribution is -2.09. The van der Waals surface area contributed by atoms with Gasteiger partial charge in [-0.05, 0) is 35.8 Å². The Kier molecular flexibility index (Phi) is 3.77. The van der Waals surface area contributed by atoms with Crippen LogP contribution in [-0.4, -0.2) is 25.8 Å². The van der Waals surface area contributed by atoms with E-state index in [0.717, 1.165) is 6.07 Å². The average molecular weight is 358 g/mol. The lowest BCUT2D eigenvalue weighted by atomic mass is 10.1. The van der Waals surface area contributed by atoms with E-state index in [1.54, 1.807) is 13.8 Å². The molecule has 9 heteroatoms. The number of nitro groups is 1. The fourth-order valence-corrected chi connectivity index (χ4v) is 2.14. The van der Waals surface area contributed by atoms with Gasteiger partial charge >= 0.3 is 5.97 Å². The molecule has 1 heterocycles. The molecular weight excluding hydrogens is 349 g/mol. The average Bonchev–Trinajstić information content (AvgIpc) is 2.65. The summed E-state index contributed by atoms with van der Waals surface area (Å²) in [6, 6.07) is 1.49. The third-order valence-corrected chi connectivity index (χ3v) is 4.07. The summed E-state index contributed by atoms with van der Waals surface area (Å²) in [5.41, 5.74) is -0.207. The summed E-state index contributed by atoms with van der Waals surface area (Å²) in [5, 5.41) is 24.1. The monoisotopic (exact) mass is 357 g/mol. The highest BCUT2D eigenvalue weighted by molar-refractivity contribution is 9.10. The molecular formula is C12H9BrFN3O4. The van der Waals surface area contributed by atoms with Crippen molar-refractivity contribution in [3.05, 3.63) is 49.5 Å². The van der Waals surface area contributed by atoms with Gasteiger partial charge in [-0.3, -0.25) is 10.1 Å². The van der Waals surface area contributed by atoms with Gasteiger partial charge in [0.2, 0.25) is 0 Å². The molecule has 7 nitrogen and oxygen atoms in total. The van der Waals surface area contributed by atoms with Crippen molar-refractivity contribution in [2.24, 2.45) is 0 Å². The highest BCUT2D eigenvalue weighted by Crippen LogP contribution is 2.30. The molecule has 2 aromatic rings. The Morgan fingerprint density at radius 1 is 1.48 bits per heavy atom. The summed E-state index contributed by atoms with van der Waals surface area (Å²) in [4.78, 5) is 21.3. The lowest BCUT2D eigenvalue weighted by molar-refractivity contribution is -0.384. The Balaban J connectivity index is 2.82. The summed E-state index contributed by atoms with van der Waals surface area (Å²) in [6.45, 7) is 3.33. The van der Waals surface area contributed by atoms with Crippen LogP contribution in [0.3, 0.4) is 0 Å². The Bertz CT molecular complexity index is 772. The molecule has 0 atom stereocenters. The molecule has 1 N–H and O–H groups in total. The molecule has 0 spiro atoms. The number of hydrogen-bond acceptors (Lipinski definition) is 4. The summed E-state index contributed by atoms with van der Waals surface area (Å²) >= 11 is 3.28. The molecule has 1 aromatic carbocycles. The minimum absolute atomic E-state index is 0.106. The first-order chi connectivity index (χ1) is 9.73. The molecule has 0 radical (unpaired) electrons. The zero-order valence-electron chi connectivity index (χ0n) is 10.9. The van der Waals surface area contributed by atoms with Gasteiger partial charge in [-0.2, -0.15) is 5.10 Å². The molecule has 0 amide bonds. The van der Waals surface area contributed by atoms with Gasteiger partial charge in [0.15, 0.2) is 0 Å². The SMILES string of the molecule is Cc1nn(-c2cc(C(=O)O)c(F)cc2[N+](=O)[O-])c(C)c1Br. The van der Waals surface area contributed by atoms with Crippen LogP contribution < -0.4 is 0 Å². The molecule has 110 valence electrons. The smallest absolute Gasteiger partial charge is 0.338 e. The molecule has 0 bridgehead atoms. The van der Waals surface area contributed by atoms with Crippen LogP contribution in [0, 0.1) is 29.8 Å². The van der Waals surface area contributed by atoms with Crippen molar-refractivity contribution in [2.45, 2.75) is 13.8 Å². The first kappa shape index (κ1) is 15.1. The minimum atomic E-state index is -1.51. The van der Waals surface area contributed by atoms with Crippen LogP contribution in [0.5, 0.6) is 0 Å². The number of aromatic carboxylic acids is 1. The first-order valence-corrected chi connectivity index (χ1v) is 6.46. The molecule has 0 saturated heterocycles. The molecule has 21 heavy (non-hydrogen) atoms. The summed E-state index contributed by atoms with van der Waals surface area (Å²) in [7, 11) is 0. The van der Waals surface area contributed by atoms with E-state index in [9.17, 15) is 19.3 Å². The van der Waals surface area contributed by atoms with Crippen LogP contribution in [0.2, 0.25) is 0 Å². The molecule has 2 rings (SSSR count). The van der Waals surface area contributed by atoms with Crippen LogP contribution in [0.1, 0.15) is 21.7 Å². The standard InChI is InChI=1S/C12H9BrFN3O4/c1-5-11(13)6(2)16(15-5)9-3-7(12(18)19)8(14)4-10(9)17(20)21/h3-4H,1-2H3,(H,18,19). The number of aryl methyl sites for hydroxylation is 1. The Labute approximate surface area is 126 Å². The topological polar surface area (TPSA) is 98.3 Å². The van der Waals surface area contributed by atoms with Gasteiger partial charge < -0.3 is 5.11 Å². The van der Waals surface area contributed by atoms with E-state index < -0.39 is 28.0 Å². The second-order valence-corrected chi connectivity index (χ2v) is 5.07. The van der Waals surface area contributed by atoms with Gasteiger partial charge in [0.1, 0.15) is 11.5 Å². The van der Waals surface area contributed by atoms with E-state index in [-0.39, 0.29) is 5.69 Å².